The van der Waals surface area contributed by atoms with E-state index < -0.39 is 80.9 Å². The van der Waals surface area contributed by atoms with Gasteiger partial charge in [-0.2, -0.15) is 0 Å². The summed E-state index contributed by atoms with van der Waals surface area (Å²) in [5.74, 6) is -3.44. The molecule has 4 atom stereocenters. The number of hydrogen-bond acceptors (Lipinski definition) is 18. The molecule has 0 aliphatic carbocycles. The fourth-order valence-corrected chi connectivity index (χ4v) is 7.26. The van der Waals surface area contributed by atoms with E-state index >= 15 is 0 Å². The van der Waals surface area contributed by atoms with Crippen LogP contribution in [-0.2, 0) is 36.2 Å². The Labute approximate surface area is 459 Å². The first-order valence-corrected chi connectivity index (χ1v) is 26.2. The van der Waals surface area contributed by atoms with E-state index in [4.69, 9.17) is 10.2 Å². The van der Waals surface area contributed by atoms with Crippen LogP contribution in [0.25, 0.3) is 34.7 Å². The zero-order valence-electron chi connectivity index (χ0n) is 42.2. The van der Waals surface area contributed by atoms with Crippen molar-refractivity contribution in [2.24, 2.45) is 5.73 Å². The maximum atomic E-state index is 13.5. The van der Waals surface area contributed by atoms with Gasteiger partial charge in [-0.25, -0.2) is 54.2 Å². The Kier molecular flexibility index (Phi) is 26.0. The Morgan fingerprint density at radius 1 is 0.662 bits per heavy atom. The number of aliphatic carboxylic acids is 2. The molecule has 0 radical (unpaired) electrons. The summed E-state index contributed by atoms with van der Waals surface area (Å²) in [5.41, 5.74) is 8.72. The summed E-state index contributed by atoms with van der Waals surface area (Å²) in [4.78, 5) is 38.9. The van der Waals surface area contributed by atoms with Crippen LogP contribution < -0.4 is 24.6 Å². The topological polar surface area (TPSA) is 327 Å². The molecule has 6 N–H and O–H groups in total. The van der Waals surface area contributed by atoms with Crippen molar-refractivity contribution in [3.63, 3.8) is 0 Å². The van der Waals surface area contributed by atoms with Gasteiger partial charge >= 0.3 is 37.7 Å². The number of carbonyl (C=O) groups excluding carboxylic acids is 2. The molecule has 2 aromatic carbocycles. The molecule has 0 aliphatic heterocycles. The molecular weight excluding hydrogens is 1040 g/mol. The number of furan rings is 1. The van der Waals surface area contributed by atoms with Crippen LogP contribution >= 0.6 is 0 Å². The SMILES string of the molecule is CC(C)c1nc(N(C)S(C)(=O)=O)nc(-c2ccc(F)cc2)c1C=C[C@@H](O)C[C@@H](O)CC(=O)[O-].CC(C)c1nc(N(C)S(C)(=O)=O)nc(-c2ccc(F)cc2)c1C=C[C@@H](O)C[C@@H](O)CC(=O)[O-].NCc1ccco1.[Ca+2]. The maximum Gasteiger partial charge on any atom is 2.00 e. The van der Waals surface area contributed by atoms with Gasteiger partial charge in [0.05, 0.1) is 72.5 Å². The summed E-state index contributed by atoms with van der Waals surface area (Å²) in [5, 5.41) is 61.1. The van der Waals surface area contributed by atoms with E-state index in [-0.39, 0.29) is 74.3 Å². The van der Waals surface area contributed by atoms with E-state index in [1.807, 2.05) is 39.8 Å². The van der Waals surface area contributed by atoms with Crippen molar-refractivity contribution >= 4 is 93.8 Å². The molecule has 0 amide bonds. The smallest absolute Gasteiger partial charge is 0.550 e. The fourth-order valence-electron chi connectivity index (χ4n) is 6.50. The quantitative estimate of drug-likeness (QED) is 0.0659. The Hall–Kier alpha value is -5.28. The van der Waals surface area contributed by atoms with E-state index in [1.165, 1.54) is 86.9 Å². The van der Waals surface area contributed by atoms with Crippen LogP contribution in [0.5, 0.6) is 0 Å². The number of rotatable bonds is 21. The second-order valence-electron chi connectivity index (χ2n) is 17.2. The van der Waals surface area contributed by atoms with Gasteiger partial charge in [-0.15, -0.1) is 0 Å². The van der Waals surface area contributed by atoms with Crippen LogP contribution in [0.2, 0.25) is 0 Å². The molecule has 74 heavy (non-hydrogen) atoms. The van der Waals surface area contributed by atoms with Crippen molar-refractivity contribution < 1.29 is 70.3 Å². The van der Waals surface area contributed by atoms with Gasteiger partial charge in [0, 0.05) is 74.0 Å². The summed E-state index contributed by atoms with van der Waals surface area (Å²) in [6.45, 7) is 7.88. The monoisotopic (exact) mass is 1100 g/mol. The minimum absolute atomic E-state index is 0. The van der Waals surface area contributed by atoms with E-state index in [0.29, 0.717) is 51.6 Å². The van der Waals surface area contributed by atoms with Crippen molar-refractivity contribution in [1.82, 2.24) is 19.9 Å². The van der Waals surface area contributed by atoms with Crippen LogP contribution in [0.3, 0.4) is 0 Å². The van der Waals surface area contributed by atoms with Gasteiger partial charge in [-0.1, -0.05) is 52.0 Å². The summed E-state index contributed by atoms with van der Waals surface area (Å²) >= 11 is 0. The molecule has 3 heterocycles. The van der Waals surface area contributed by atoms with E-state index in [1.54, 1.807) is 6.26 Å². The van der Waals surface area contributed by atoms with Crippen LogP contribution in [0.15, 0.2) is 83.5 Å². The first-order valence-electron chi connectivity index (χ1n) is 22.5. The predicted molar refractivity (Wildman–Crippen MR) is 272 cm³/mol. The molecular formula is C49H61CaF2N7O13S2. The van der Waals surface area contributed by atoms with Gasteiger partial charge < -0.3 is 50.4 Å². The number of aromatic nitrogens is 4. The molecule has 0 unspecified atom stereocenters. The number of aliphatic hydroxyl groups is 4. The molecule has 0 aliphatic rings. The number of carbonyl (C=O) groups is 2. The van der Waals surface area contributed by atoms with E-state index in [9.17, 15) is 65.8 Å². The number of carboxylic acid groups (broad SMARTS) is 2. The number of halogens is 2. The van der Waals surface area contributed by atoms with Crippen LogP contribution in [0.1, 0.15) is 93.5 Å². The Balaban J connectivity index is 0.000000441. The van der Waals surface area contributed by atoms with Gasteiger partial charge in [-0.05, 0) is 72.5 Å². The first-order chi connectivity index (χ1) is 34.0. The van der Waals surface area contributed by atoms with E-state index in [0.717, 1.165) is 26.9 Å². The number of nitrogens with zero attached hydrogens (tertiary/aromatic N) is 6. The molecule has 5 rings (SSSR count). The third kappa shape index (κ3) is 20.8. The Bertz CT molecular complexity index is 2720. The fraction of sp³-hybridized carbons (Fsp3) is 0.388. The van der Waals surface area contributed by atoms with Crippen molar-refractivity contribution in [1.29, 1.82) is 0 Å². The third-order valence-corrected chi connectivity index (χ3v) is 12.7. The largest absolute Gasteiger partial charge is 2.00 e. The number of benzene rings is 2. The molecule has 5 aromatic rings. The van der Waals surface area contributed by atoms with Crippen molar-refractivity contribution in [2.45, 2.75) is 96.2 Å². The second-order valence-corrected chi connectivity index (χ2v) is 21.2. The molecule has 0 bridgehead atoms. The predicted octanol–water partition coefficient (Wildman–Crippen LogP) is 2.49. The minimum atomic E-state index is -3.66. The average molecular weight is 1100 g/mol. The van der Waals surface area contributed by atoms with Crippen molar-refractivity contribution in [3.8, 4) is 22.5 Å². The summed E-state index contributed by atoms with van der Waals surface area (Å²) in [6, 6.07) is 14.6. The number of nitrogens with two attached hydrogens (primary N) is 1. The van der Waals surface area contributed by atoms with Gasteiger partial charge in [0.2, 0.25) is 31.9 Å². The standard InChI is InChI=1S/2C22H28FN3O6S.C5H7NO.Ca/c2*1-13(2)20-18(10-9-16(27)11-17(28)12-19(29)30)21(14-5-7-15(23)8-6-14)25-22(24-20)26(3)33(4,31)32;6-4-5-2-1-3-7-5;/h2*5-10,13,16-17,27-28H,11-12H2,1-4H3,(H,29,30);1-3H,4,6H2;/q;;;+2/p-2/t2*16-,17-;;/m11../s1. The molecule has 0 saturated carbocycles. The minimum Gasteiger partial charge on any atom is -0.550 e. The molecule has 25 heteroatoms. The van der Waals surface area contributed by atoms with Crippen LogP contribution in [0.4, 0.5) is 20.7 Å². The van der Waals surface area contributed by atoms with Gasteiger partial charge in [0.15, 0.2) is 0 Å². The van der Waals surface area contributed by atoms with Gasteiger partial charge in [-0.3, -0.25) is 0 Å². The maximum absolute atomic E-state index is 13.5. The van der Waals surface area contributed by atoms with Gasteiger partial charge in [0.1, 0.15) is 17.4 Å². The summed E-state index contributed by atoms with van der Waals surface area (Å²) in [6.07, 6.45) is 2.77. The normalized spacial score (nSPS) is 13.3. The zero-order chi connectivity index (χ0) is 55.0. The van der Waals surface area contributed by atoms with Gasteiger partial charge in [0.25, 0.3) is 0 Å². The summed E-state index contributed by atoms with van der Waals surface area (Å²) < 4.78 is 82.0. The molecule has 0 spiro atoms. The van der Waals surface area contributed by atoms with Crippen molar-refractivity contribution in [3.05, 3.63) is 119 Å². The zero-order valence-corrected chi connectivity index (χ0v) is 46.0. The molecule has 20 nitrogen and oxygen atoms in total. The molecule has 0 saturated heterocycles. The average Bonchev–Trinajstić information content (AvgIpc) is 3.83. The van der Waals surface area contributed by atoms with Crippen LogP contribution in [-0.4, -0.2) is 158 Å². The van der Waals surface area contributed by atoms with Crippen LogP contribution in [0, 0.1) is 11.6 Å². The molecule has 398 valence electrons. The Morgan fingerprint density at radius 3 is 1.27 bits per heavy atom. The first kappa shape index (κ1) is 64.8. The van der Waals surface area contributed by atoms with E-state index in [2.05, 4.69) is 19.9 Å². The number of carboxylic acids is 2. The second kappa shape index (κ2) is 29.7. The Morgan fingerprint density at radius 2 is 1.01 bits per heavy atom. The third-order valence-electron chi connectivity index (χ3n) is 10.4. The molecule has 3 aromatic heterocycles. The number of sulfonamides is 2. The number of hydrogen-bond donors (Lipinski definition) is 5. The number of aliphatic hydroxyl groups excluding tert-OH is 4. The summed E-state index contributed by atoms with van der Waals surface area (Å²) in [7, 11) is -4.67. The number of anilines is 2. The molecule has 0 fully saturated rings. The van der Waals surface area contributed by atoms with Crippen molar-refractivity contribution in [2.75, 3.05) is 35.2 Å².